The molecule has 0 aliphatic heterocycles. The summed E-state index contributed by atoms with van der Waals surface area (Å²) in [7, 11) is -4.27. The van der Waals surface area contributed by atoms with Crippen LogP contribution < -0.4 is 0 Å². The summed E-state index contributed by atoms with van der Waals surface area (Å²) in [6.07, 6.45) is 0. The fraction of sp³-hybridized carbons (Fsp3) is 0. The fourth-order valence-electron chi connectivity index (χ4n) is 2.67. The lowest BCUT2D eigenvalue weighted by Gasteiger charge is -2.07. The number of benzene rings is 4. The van der Waals surface area contributed by atoms with E-state index < -0.39 is 10.1 Å². The van der Waals surface area contributed by atoms with Gasteiger partial charge in [-0.1, -0.05) is 72.8 Å². The Hall–Kier alpha value is -2.86. The standard InChI is InChI=1S/C18H15S.C6H6O3S/c1-4-10-16(11-5-1)19(17-12-6-2-7-13-17)18-14-8-3-9-15-18;7-10(8,9)6-4-2-1-3-5-6/h1-15H;1-5H,(H,7,8,9)/q+1;/p-1. The summed E-state index contributed by atoms with van der Waals surface area (Å²) in [5.41, 5.74) is 0. The van der Waals surface area contributed by atoms with E-state index in [1.807, 2.05) is 0 Å². The lowest BCUT2D eigenvalue weighted by Crippen LogP contribution is -2.04. The Morgan fingerprint density at radius 2 is 0.759 bits per heavy atom. The molecular formula is C24H20O3S2. The van der Waals surface area contributed by atoms with Crippen molar-refractivity contribution >= 4 is 21.0 Å². The van der Waals surface area contributed by atoms with Crippen molar-refractivity contribution in [1.82, 2.24) is 0 Å². The van der Waals surface area contributed by atoms with Crippen molar-refractivity contribution in [2.24, 2.45) is 0 Å². The van der Waals surface area contributed by atoms with E-state index in [-0.39, 0.29) is 15.8 Å². The minimum Gasteiger partial charge on any atom is -0.744 e. The van der Waals surface area contributed by atoms with Gasteiger partial charge in [-0.15, -0.1) is 0 Å². The minimum absolute atomic E-state index is 0.0146. The Morgan fingerprint density at radius 1 is 0.483 bits per heavy atom. The van der Waals surface area contributed by atoms with Gasteiger partial charge in [0, 0.05) is 0 Å². The highest BCUT2D eigenvalue weighted by atomic mass is 32.2. The molecule has 4 rings (SSSR count). The molecule has 0 atom stereocenters. The first-order valence-corrected chi connectivity index (χ1v) is 11.6. The van der Waals surface area contributed by atoms with E-state index in [0.29, 0.717) is 0 Å². The maximum absolute atomic E-state index is 10.3. The van der Waals surface area contributed by atoms with E-state index in [9.17, 15) is 13.0 Å². The predicted molar refractivity (Wildman–Crippen MR) is 116 cm³/mol. The van der Waals surface area contributed by atoms with Crippen LogP contribution in [0, 0.1) is 0 Å². The van der Waals surface area contributed by atoms with Gasteiger partial charge in [0.25, 0.3) is 0 Å². The van der Waals surface area contributed by atoms with Crippen LogP contribution in [-0.4, -0.2) is 13.0 Å². The van der Waals surface area contributed by atoms with Crippen LogP contribution in [0.5, 0.6) is 0 Å². The van der Waals surface area contributed by atoms with Crippen molar-refractivity contribution in [3.63, 3.8) is 0 Å². The first-order valence-electron chi connectivity index (χ1n) is 8.96. The van der Waals surface area contributed by atoms with Crippen molar-refractivity contribution in [3.8, 4) is 0 Å². The molecule has 0 aliphatic carbocycles. The topological polar surface area (TPSA) is 57.2 Å². The average Bonchev–Trinajstić information content (AvgIpc) is 2.77. The van der Waals surface area contributed by atoms with Crippen LogP contribution in [0.15, 0.2) is 141 Å². The second-order valence-corrected chi connectivity index (χ2v) is 9.42. The monoisotopic (exact) mass is 420 g/mol. The van der Waals surface area contributed by atoms with Gasteiger partial charge in [-0.05, 0) is 48.5 Å². The lowest BCUT2D eigenvalue weighted by atomic mass is 10.4. The maximum Gasteiger partial charge on any atom is 0.166 e. The first kappa shape index (κ1) is 20.9. The van der Waals surface area contributed by atoms with E-state index in [4.69, 9.17) is 0 Å². The van der Waals surface area contributed by atoms with Crippen LogP contribution >= 0.6 is 0 Å². The molecule has 5 heteroatoms. The molecule has 0 radical (unpaired) electrons. The van der Waals surface area contributed by atoms with Crippen LogP contribution in [0.4, 0.5) is 0 Å². The number of hydrogen-bond acceptors (Lipinski definition) is 3. The maximum atomic E-state index is 10.3. The van der Waals surface area contributed by atoms with E-state index >= 15 is 0 Å². The van der Waals surface area contributed by atoms with Crippen molar-refractivity contribution in [1.29, 1.82) is 0 Å². The molecular weight excluding hydrogens is 400 g/mol. The molecule has 0 spiro atoms. The van der Waals surface area contributed by atoms with Crippen molar-refractivity contribution in [2.45, 2.75) is 19.6 Å². The van der Waals surface area contributed by atoms with E-state index in [1.165, 1.54) is 39.0 Å². The van der Waals surface area contributed by atoms with Gasteiger partial charge in [-0.2, -0.15) is 0 Å². The molecule has 3 nitrogen and oxygen atoms in total. The normalized spacial score (nSPS) is 10.8. The SMILES string of the molecule is O=S(=O)([O-])c1ccccc1.c1ccc([S+](c2ccccc2)c2ccccc2)cc1. The van der Waals surface area contributed by atoms with Crippen LogP contribution in [0.25, 0.3) is 0 Å². The van der Waals surface area contributed by atoms with Gasteiger partial charge in [0.15, 0.2) is 14.7 Å². The molecule has 0 aliphatic rings. The molecule has 0 bridgehead atoms. The van der Waals surface area contributed by atoms with Crippen molar-refractivity contribution < 1.29 is 13.0 Å². The van der Waals surface area contributed by atoms with Crippen LogP contribution in [0.3, 0.4) is 0 Å². The summed E-state index contributed by atoms with van der Waals surface area (Å²) in [6.45, 7) is 0. The Kier molecular flexibility index (Phi) is 7.25. The summed E-state index contributed by atoms with van der Waals surface area (Å²) < 4.78 is 30.8. The number of hydrogen-bond donors (Lipinski definition) is 0. The molecule has 146 valence electrons. The molecule has 0 heterocycles. The summed E-state index contributed by atoms with van der Waals surface area (Å²) >= 11 is 0. The summed E-state index contributed by atoms with van der Waals surface area (Å²) in [5, 5.41) is 0. The highest BCUT2D eigenvalue weighted by Gasteiger charge is 2.27. The van der Waals surface area contributed by atoms with Gasteiger partial charge in [0.1, 0.15) is 10.1 Å². The van der Waals surface area contributed by atoms with Gasteiger partial charge in [0.05, 0.1) is 15.8 Å². The quantitative estimate of drug-likeness (QED) is 0.329. The molecule has 0 saturated heterocycles. The highest BCUT2D eigenvalue weighted by Crippen LogP contribution is 2.30. The van der Waals surface area contributed by atoms with Crippen molar-refractivity contribution in [3.05, 3.63) is 121 Å². The molecule has 29 heavy (non-hydrogen) atoms. The van der Waals surface area contributed by atoms with Gasteiger partial charge in [-0.3, -0.25) is 0 Å². The Balaban J connectivity index is 0.000000204. The van der Waals surface area contributed by atoms with E-state index in [2.05, 4.69) is 91.0 Å². The third-order valence-corrected chi connectivity index (χ3v) is 7.05. The molecule has 0 fully saturated rings. The van der Waals surface area contributed by atoms with Gasteiger partial charge < -0.3 is 4.55 Å². The lowest BCUT2D eigenvalue weighted by molar-refractivity contribution is 0.463. The van der Waals surface area contributed by atoms with Gasteiger partial charge in [0.2, 0.25) is 0 Å². The molecule has 4 aromatic carbocycles. The second-order valence-electron chi connectivity index (χ2n) is 6.01. The smallest absolute Gasteiger partial charge is 0.166 e. The molecule has 0 unspecified atom stereocenters. The molecule has 0 saturated carbocycles. The Bertz CT molecular complexity index is 1010. The van der Waals surface area contributed by atoms with Gasteiger partial charge in [-0.25, -0.2) is 8.42 Å². The number of rotatable bonds is 4. The first-order chi connectivity index (χ1) is 14.1. The van der Waals surface area contributed by atoms with Gasteiger partial charge >= 0.3 is 0 Å². The second kappa shape index (κ2) is 10.1. The zero-order chi connectivity index (χ0) is 20.5. The van der Waals surface area contributed by atoms with E-state index in [1.54, 1.807) is 6.07 Å². The third-order valence-electron chi connectivity index (χ3n) is 3.97. The van der Waals surface area contributed by atoms with Crippen LogP contribution in [0.1, 0.15) is 0 Å². The Morgan fingerprint density at radius 3 is 1.00 bits per heavy atom. The molecule has 0 amide bonds. The zero-order valence-electron chi connectivity index (χ0n) is 15.6. The summed E-state index contributed by atoms with van der Waals surface area (Å²) in [6, 6.07) is 39.3. The molecule has 0 aromatic heterocycles. The molecule has 4 aromatic rings. The average molecular weight is 421 g/mol. The minimum atomic E-state index is -4.25. The zero-order valence-corrected chi connectivity index (χ0v) is 17.2. The Labute approximate surface area is 174 Å². The molecule has 0 N–H and O–H groups in total. The summed E-state index contributed by atoms with van der Waals surface area (Å²) in [5.74, 6) is 0. The van der Waals surface area contributed by atoms with Crippen LogP contribution in [0.2, 0.25) is 0 Å². The fourth-order valence-corrected chi connectivity index (χ4v) is 5.26. The highest BCUT2D eigenvalue weighted by molar-refractivity contribution is 7.97. The largest absolute Gasteiger partial charge is 0.744 e. The third kappa shape index (κ3) is 6.06. The van der Waals surface area contributed by atoms with E-state index in [0.717, 1.165) is 0 Å². The van der Waals surface area contributed by atoms with Crippen molar-refractivity contribution in [2.75, 3.05) is 0 Å². The predicted octanol–water partition coefficient (Wildman–Crippen LogP) is 5.37. The van der Waals surface area contributed by atoms with Crippen LogP contribution in [-0.2, 0) is 21.0 Å². The summed E-state index contributed by atoms with van der Waals surface area (Å²) in [4.78, 5) is 3.90.